The molecule has 0 unspecified atom stereocenters. The van der Waals surface area contributed by atoms with Crippen LogP contribution in [0.15, 0.2) is 42.7 Å². The van der Waals surface area contributed by atoms with Crippen LogP contribution in [-0.4, -0.2) is 61.1 Å². The highest BCUT2D eigenvalue weighted by Crippen LogP contribution is 2.29. The first-order valence-electron chi connectivity index (χ1n) is 8.34. The molecule has 6 nitrogen and oxygen atoms in total. The van der Waals surface area contributed by atoms with Gasteiger partial charge in [-0.05, 0) is 29.8 Å². The number of aromatic nitrogens is 1. The Hall–Kier alpha value is -2.31. The monoisotopic (exact) mass is 377 g/mol. The molecule has 1 amide bonds. The molecular weight excluding hydrogens is 354 g/mol. The number of halogens is 1. The van der Waals surface area contributed by atoms with Gasteiger partial charge in [-0.15, -0.1) is 12.4 Å². The lowest BCUT2D eigenvalue weighted by molar-refractivity contribution is 0.0622. The number of methoxy groups -OCH3 is 2. The smallest absolute Gasteiger partial charge is 0.261 e. The molecule has 140 valence electrons. The summed E-state index contributed by atoms with van der Waals surface area (Å²) in [5, 5.41) is 0. The zero-order chi connectivity index (χ0) is 17.6. The molecule has 1 aliphatic rings. The van der Waals surface area contributed by atoms with Gasteiger partial charge in [0.05, 0.1) is 14.2 Å². The summed E-state index contributed by atoms with van der Waals surface area (Å²) in [4.78, 5) is 21.2. The second kappa shape index (κ2) is 9.40. The molecule has 1 aliphatic heterocycles. The Morgan fingerprint density at radius 2 is 1.58 bits per heavy atom. The molecular formula is C19H24ClN3O3. The van der Waals surface area contributed by atoms with Crippen molar-refractivity contribution in [2.24, 2.45) is 0 Å². The van der Waals surface area contributed by atoms with Crippen molar-refractivity contribution in [1.29, 1.82) is 0 Å². The largest absolute Gasteiger partial charge is 0.496 e. The van der Waals surface area contributed by atoms with Gasteiger partial charge >= 0.3 is 0 Å². The number of pyridine rings is 1. The van der Waals surface area contributed by atoms with Gasteiger partial charge in [-0.2, -0.15) is 0 Å². The molecule has 2 aromatic rings. The van der Waals surface area contributed by atoms with Gasteiger partial charge in [0, 0.05) is 45.1 Å². The van der Waals surface area contributed by atoms with Gasteiger partial charge in [0.1, 0.15) is 17.1 Å². The van der Waals surface area contributed by atoms with Crippen LogP contribution in [0, 0.1) is 0 Å². The Balaban J connectivity index is 0.00000243. The molecule has 0 atom stereocenters. The lowest BCUT2D eigenvalue weighted by atomic mass is 10.1. The highest BCUT2D eigenvalue weighted by molar-refractivity contribution is 5.99. The summed E-state index contributed by atoms with van der Waals surface area (Å²) in [5.74, 6) is 1.05. The van der Waals surface area contributed by atoms with E-state index in [1.807, 2.05) is 35.5 Å². The fourth-order valence-electron chi connectivity index (χ4n) is 3.08. The average molecular weight is 378 g/mol. The van der Waals surface area contributed by atoms with Gasteiger partial charge in [0.15, 0.2) is 0 Å². The maximum absolute atomic E-state index is 13.0. The fraction of sp³-hybridized carbons (Fsp3) is 0.368. The van der Waals surface area contributed by atoms with Crippen molar-refractivity contribution in [3.63, 3.8) is 0 Å². The van der Waals surface area contributed by atoms with Crippen LogP contribution >= 0.6 is 12.4 Å². The van der Waals surface area contributed by atoms with Gasteiger partial charge in [-0.25, -0.2) is 0 Å². The van der Waals surface area contributed by atoms with E-state index in [0.29, 0.717) is 30.2 Å². The van der Waals surface area contributed by atoms with E-state index in [9.17, 15) is 4.79 Å². The third kappa shape index (κ3) is 4.45. The minimum atomic E-state index is -0.0436. The quantitative estimate of drug-likeness (QED) is 0.801. The molecule has 0 saturated carbocycles. The second-order valence-electron chi connectivity index (χ2n) is 5.96. The molecule has 1 fully saturated rings. The molecule has 2 heterocycles. The highest BCUT2D eigenvalue weighted by Gasteiger charge is 2.27. The molecule has 0 spiro atoms. The number of amides is 1. The van der Waals surface area contributed by atoms with Crippen LogP contribution in [0.5, 0.6) is 11.5 Å². The van der Waals surface area contributed by atoms with Gasteiger partial charge in [-0.1, -0.05) is 6.07 Å². The van der Waals surface area contributed by atoms with E-state index < -0.39 is 0 Å². The zero-order valence-corrected chi connectivity index (χ0v) is 15.9. The van der Waals surface area contributed by atoms with Crippen molar-refractivity contribution in [3.05, 3.63) is 53.9 Å². The van der Waals surface area contributed by atoms with E-state index in [1.54, 1.807) is 26.4 Å². The van der Waals surface area contributed by atoms with Crippen molar-refractivity contribution in [1.82, 2.24) is 14.8 Å². The topological polar surface area (TPSA) is 54.9 Å². The van der Waals surface area contributed by atoms with Crippen LogP contribution in [0.4, 0.5) is 0 Å². The Kier molecular flexibility index (Phi) is 7.24. The molecule has 0 radical (unpaired) electrons. The summed E-state index contributed by atoms with van der Waals surface area (Å²) in [6, 6.07) is 9.44. The molecule has 1 aromatic carbocycles. The first-order chi connectivity index (χ1) is 12.2. The van der Waals surface area contributed by atoms with Crippen molar-refractivity contribution in [3.8, 4) is 11.5 Å². The molecule has 1 aromatic heterocycles. The normalized spacial score (nSPS) is 14.5. The maximum atomic E-state index is 13.0. The molecule has 0 N–H and O–H groups in total. The Morgan fingerprint density at radius 3 is 2.12 bits per heavy atom. The van der Waals surface area contributed by atoms with Crippen molar-refractivity contribution in [2.45, 2.75) is 6.54 Å². The molecule has 0 bridgehead atoms. The number of rotatable bonds is 5. The summed E-state index contributed by atoms with van der Waals surface area (Å²) >= 11 is 0. The first kappa shape index (κ1) is 20.0. The van der Waals surface area contributed by atoms with Crippen LogP contribution in [-0.2, 0) is 6.54 Å². The SMILES string of the molecule is COc1cccc(OC)c1C(=O)N1CCN(Cc2ccncc2)CC1.Cl. The summed E-state index contributed by atoms with van der Waals surface area (Å²) in [6.45, 7) is 3.93. The molecule has 7 heteroatoms. The minimum absolute atomic E-state index is 0. The Bertz CT molecular complexity index is 697. The van der Waals surface area contributed by atoms with E-state index in [2.05, 4.69) is 9.88 Å². The van der Waals surface area contributed by atoms with Crippen LogP contribution < -0.4 is 9.47 Å². The summed E-state index contributed by atoms with van der Waals surface area (Å²) in [6.07, 6.45) is 3.62. The summed E-state index contributed by atoms with van der Waals surface area (Å²) < 4.78 is 10.7. The Morgan fingerprint density at radius 1 is 1.00 bits per heavy atom. The van der Waals surface area contributed by atoms with Crippen molar-refractivity contribution < 1.29 is 14.3 Å². The standard InChI is InChI=1S/C19H23N3O3.ClH/c1-24-16-4-3-5-17(25-2)18(16)19(23)22-12-10-21(11-13-22)14-15-6-8-20-9-7-15;/h3-9H,10-14H2,1-2H3;1H. The highest BCUT2D eigenvalue weighted by atomic mass is 35.5. The number of benzene rings is 1. The van der Waals surface area contributed by atoms with E-state index in [-0.39, 0.29) is 18.3 Å². The van der Waals surface area contributed by atoms with Crippen LogP contribution in [0.3, 0.4) is 0 Å². The number of piperazine rings is 1. The number of hydrogen-bond acceptors (Lipinski definition) is 5. The van der Waals surface area contributed by atoms with Gasteiger partial charge in [-0.3, -0.25) is 14.7 Å². The summed E-state index contributed by atoms with van der Waals surface area (Å²) in [5.41, 5.74) is 1.73. The van der Waals surface area contributed by atoms with Crippen LogP contribution in [0.2, 0.25) is 0 Å². The van der Waals surface area contributed by atoms with E-state index in [0.717, 1.165) is 19.6 Å². The van der Waals surface area contributed by atoms with E-state index in [1.165, 1.54) is 5.56 Å². The third-order valence-corrected chi connectivity index (χ3v) is 4.46. The van der Waals surface area contributed by atoms with Gasteiger partial charge in [0.25, 0.3) is 5.91 Å². The first-order valence-corrected chi connectivity index (χ1v) is 8.34. The van der Waals surface area contributed by atoms with Gasteiger partial charge in [0.2, 0.25) is 0 Å². The lowest BCUT2D eigenvalue weighted by Crippen LogP contribution is -2.48. The van der Waals surface area contributed by atoms with Gasteiger partial charge < -0.3 is 14.4 Å². The fourth-order valence-corrected chi connectivity index (χ4v) is 3.08. The van der Waals surface area contributed by atoms with Crippen LogP contribution in [0.1, 0.15) is 15.9 Å². The number of carbonyl (C=O) groups excluding carboxylic acids is 1. The summed E-state index contributed by atoms with van der Waals surface area (Å²) in [7, 11) is 3.14. The third-order valence-electron chi connectivity index (χ3n) is 4.46. The molecule has 3 rings (SSSR count). The van der Waals surface area contributed by atoms with Crippen molar-refractivity contribution >= 4 is 18.3 Å². The maximum Gasteiger partial charge on any atom is 0.261 e. The minimum Gasteiger partial charge on any atom is -0.496 e. The number of carbonyl (C=O) groups is 1. The molecule has 26 heavy (non-hydrogen) atoms. The predicted octanol–water partition coefficient (Wildman–Crippen LogP) is 2.48. The second-order valence-corrected chi connectivity index (χ2v) is 5.96. The number of ether oxygens (including phenoxy) is 2. The predicted molar refractivity (Wildman–Crippen MR) is 102 cm³/mol. The van der Waals surface area contributed by atoms with E-state index >= 15 is 0 Å². The van der Waals surface area contributed by atoms with Crippen molar-refractivity contribution in [2.75, 3.05) is 40.4 Å². The molecule has 0 aliphatic carbocycles. The van der Waals surface area contributed by atoms with Crippen LogP contribution in [0.25, 0.3) is 0 Å². The van der Waals surface area contributed by atoms with E-state index in [4.69, 9.17) is 9.47 Å². The number of hydrogen-bond donors (Lipinski definition) is 0. The average Bonchev–Trinajstić information content (AvgIpc) is 2.68. The zero-order valence-electron chi connectivity index (χ0n) is 15.1. The lowest BCUT2D eigenvalue weighted by Gasteiger charge is -2.35. The number of nitrogens with zero attached hydrogens (tertiary/aromatic N) is 3. The molecule has 1 saturated heterocycles. The Labute approximate surface area is 160 Å².